The lowest BCUT2D eigenvalue weighted by atomic mass is 9.71. The van der Waals surface area contributed by atoms with Gasteiger partial charge in [-0.2, -0.15) is 0 Å². The van der Waals surface area contributed by atoms with Crippen LogP contribution in [0.5, 0.6) is 0 Å². The molecular formula is C14H20ClN3O. The molecule has 1 aromatic rings. The Hall–Kier alpha value is -1.13. The number of hydrogen-bond donors (Lipinski definition) is 2. The van der Waals surface area contributed by atoms with Crippen LogP contribution in [0.2, 0.25) is 5.02 Å². The van der Waals surface area contributed by atoms with E-state index in [0.29, 0.717) is 23.8 Å². The molecule has 1 amide bonds. The molecule has 5 heteroatoms. The van der Waals surface area contributed by atoms with Gasteiger partial charge in [0.1, 0.15) is 5.82 Å². The van der Waals surface area contributed by atoms with Crippen molar-refractivity contribution >= 4 is 23.3 Å². The van der Waals surface area contributed by atoms with Gasteiger partial charge in [0.2, 0.25) is 5.91 Å². The molecule has 1 aliphatic rings. The fourth-order valence-corrected chi connectivity index (χ4v) is 2.84. The highest BCUT2D eigenvalue weighted by Gasteiger charge is 2.32. The molecule has 1 saturated carbocycles. The van der Waals surface area contributed by atoms with Gasteiger partial charge in [-0.05, 0) is 36.9 Å². The van der Waals surface area contributed by atoms with Crippen LogP contribution in [0.15, 0.2) is 18.3 Å². The molecule has 1 aromatic heterocycles. The lowest BCUT2D eigenvalue weighted by molar-refractivity contribution is -0.118. The number of amides is 1. The average Bonchev–Trinajstić information content (AvgIpc) is 2.42. The summed E-state index contributed by atoms with van der Waals surface area (Å²) in [5.74, 6) is 0.527. The minimum atomic E-state index is -0.0191. The second-order valence-corrected chi connectivity index (χ2v) is 5.79. The molecule has 0 spiro atoms. The number of aromatic nitrogens is 1. The van der Waals surface area contributed by atoms with Crippen LogP contribution in [0, 0.1) is 5.41 Å². The van der Waals surface area contributed by atoms with E-state index in [4.69, 9.17) is 17.3 Å². The topological polar surface area (TPSA) is 68.0 Å². The molecular weight excluding hydrogens is 262 g/mol. The highest BCUT2D eigenvalue weighted by molar-refractivity contribution is 6.30. The third kappa shape index (κ3) is 3.91. The molecule has 0 radical (unpaired) electrons. The van der Waals surface area contributed by atoms with Crippen molar-refractivity contribution in [3.8, 4) is 0 Å². The van der Waals surface area contributed by atoms with Gasteiger partial charge >= 0.3 is 0 Å². The van der Waals surface area contributed by atoms with Crippen molar-refractivity contribution in [3.05, 3.63) is 23.4 Å². The van der Waals surface area contributed by atoms with E-state index in [1.807, 2.05) is 0 Å². The van der Waals surface area contributed by atoms with Gasteiger partial charge < -0.3 is 11.1 Å². The third-order valence-corrected chi connectivity index (χ3v) is 4.10. The van der Waals surface area contributed by atoms with Crippen LogP contribution in [-0.2, 0) is 4.79 Å². The number of pyridine rings is 1. The molecule has 1 fully saturated rings. The van der Waals surface area contributed by atoms with Gasteiger partial charge in [-0.1, -0.05) is 30.9 Å². The summed E-state index contributed by atoms with van der Waals surface area (Å²) in [6.45, 7) is 0.578. The lowest BCUT2D eigenvalue weighted by Gasteiger charge is -2.35. The maximum atomic E-state index is 12.1. The Morgan fingerprint density at radius 2 is 2.11 bits per heavy atom. The number of anilines is 1. The van der Waals surface area contributed by atoms with Crippen molar-refractivity contribution < 1.29 is 4.79 Å². The second-order valence-electron chi connectivity index (χ2n) is 5.35. The number of hydrogen-bond acceptors (Lipinski definition) is 3. The second kappa shape index (κ2) is 6.35. The molecule has 104 valence electrons. The number of carbonyl (C=O) groups excluding carboxylic acids is 1. The summed E-state index contributed by atoms with van der Waals surface area (Å²) in [7, 11) is 0. The van der Waals surface area contributed by atoms with E-state index in [1.165, 1.54) is 25.5 Å². The van der Waals surface area contributed by atoms with Crippen molar-refractivity contribution in [1.82, 2.24) is 4.98 Å². The van der Waals surface area contributed by atoms with E-state index in [1.54, 1.807) is 12.1 Å². The van der Waals surface area contributed by atoms with Crippen LogP contribution in [0.3, 0.4) is 0 Å². The summed E-state index contributed by atoms with van der Waals surface area (Å²) in [6, 6.07) is 3.42. The van der Waals surface area contributed by atoms with E-state index >= 15 is 0 Å². The van der Waals surface area contributed by atoms with E-state index in [2.05, 4.69) is 10.3 Å². The fourth-order valence-electron chi connectivity index (χ4n) is 2.73. The molecule has 0 bridgehead atoms. The maximum absolute atomic E-state index is 12.1. The van der Waals surface area contributed by atoms with Gasteiger partial charge in [-0.15, -0.1) is 0 Å². The molecule has 0 unspecified atom stereocenters. The minimum Gasteiger partial charge on any atom is -0.330 e. The van der Waals surface area contributed by atoms with Crippen LogP contribution < -0.4 is 11.1 Å². The van der Waals surface area contributed by atoms with Crippen LogP contribution in [0.1, 0.15) is 38.5 Å². The Bertz CT molecular complexity index is 427. The van der Waals surface area contributed by atoms with Crippen molar-refractivity contribution in [2.24, 2.45) is 11.1 Å². The van der Waals surface area contributed by atoms with Gasteiger partial charge in [-0.3, -0.25) is 4.79 Å². The first kappa shape index (κ1) is 14.3. The first-order chi connectivity index (χ1) is 9.13. The van der Waals surface area contributed by atoms with Gasteiger partial charge in [0.05, 0.1) is 5.02 Å². The summed E-state index contributed by atoms with van der Waals surface area (Å²) >= 11 is 5.76. The number of carbonyl (C=O) groups is 1. The number of nitrogens with one attached hydrogen (secondary N) is 1. The number of nitrogens with zero attached hydrogens (tertiary/aromatic N) is 1. The standard InChI is InChI=1S/C14H20ClN3O/c15-11-4-5-12(17-9-11)18-13(19)8-14(10-16)6-2-1-3-7-14/h4-5,9H,1-3,6-8,10,16H2,(H,17,18,19). The first-order valence-corrected chi connectivity index (χ1v) is 7.13. The van der Waals surface area contributed by atoms with E-state index < -0.39 is 0 Å². The van der Waals surface area contributed by atoms with Crippen LogP contribution >= 0.6 is 11.6 Å². The summed E-state index contributed by atoms with van der Waals surface area (Å²) in [5, 5.41) is 3.37. The van der Waals surface area contributed by atoms with Crippen molar-refractivity contribution in [2.45, 2.75) is 38.5 Å². The largest absolute Gasteiger partial charge is 0.330 e. The minimum absolute atomic E-state index is 0.0119. The number of nitrogens with two attached hydrogens (primary N) is 1. The maximum Gasteiger partial charge on any atom is 0.226 e. The average molecular weight is 282 g/mol. The predicted molar refractivity (Wildman–Crippen MR) is 77.1 cm³/mol. The van der Waals surface area contributed by atoms with Gasteiger partial charge in [-0.25, -0.2) is 4.98 Å². The molecule has 2 rings (SSSR count). The van der Waals surface area contributed by atoms with Gasteiger partial charge in [0.15, 0.2) is 0 Å². The lowest BCUT2D eigenvalue weighted by Crippen LogP contribution is -2.36. The summed E-state index contributed by atoms with van der Waals surface area (Å²) in [6.07, 6.45) is 7.69. The quantitative estimate of drug-likeness (QED) is 0.891. The smallest absolute Gasteiger partial charge is 0.226 e. The Morgan fingerprint density at radius 3 is 2.68 bits per heavy atom. The first-order valence-electron chi connectivity index (χ1n) is 6.75. The van der Waals surface area contributed by atoms with E-state index in [0.717, 1.165) is 12.8 Å². The SMILES string of the molecule is NCC1(CC(=O)Nc2ccc(Cl)cn2)CCCCC1. The number of halogens is 1. The molecule has 0 saturated heterocycles. The highest BCUT2D eigenvalue weighted by atomic mass is 35.5. The normalized spacial score (nSPS) is 18.0. The van der Waals surface area contributed by atoms with Crippen LogP contribution in [-0.4, -0.2) is 17.4 Å². The van der Waals surface area contributed by atoms with Crippen LogP contribution in [0.25, 0.3) is 0 Å². The molecule has 1 aliphatic carbocycles. The molecule has 19 heavy (non-hydrogen) atoms. The van der Waals surface area contributed by atoms with E-state index in [9.17, 15) is 4.79 Å². The van der Waals surface area contributed by atoms with Crippen molar-refractivity contribution in [1.29, 1.82) is 0 Å². The molecule has 0 atom stereocenters. The third-order valence-electron chi connectivity index (χ3n) is 3.88. The molecule has 4 nitrogen and oxygen atoms in total. The zero-order chi connectivity index (χ0) is 13.7. The Morgan fingerprint density at radius 1 is 1.37 bits per heavy atom. The highest BCUT2D eigenvalue weighted by Crippen LogP contribution is 2.38. The Labute approximate surface area is 118 Å². The summed E-state index contributed by atoms with van der Waals surface area (Å²) < 4.78 is 0. The molecule has 3 N–H and O–H groups in total. The van der Waals surface area contributed by atoms with E-state index in [-0.39, 0.29) is 11.3 Å². The van der Waals surface area contributed by atoms with Crippen molar-refractivity contribution in [2.75, 3.05) is 11.9 Å². The van der Waals surface area contributed by atoms with Gasteiger partial charge in [0.25, 0.3) is 0 Å². The molecule has 0 aromatic carbocycles. The fraction of sp³-hybridized carbons (Fsp3) is 0.571. The Balaban J connectivity index is 1.94. The molecule has 0 aliphatic heterocycles. The van der Waals surface area contributed by atoms with Crippen molar-refractivity contribution in [3.63, 3.8) is 0 Å². The zero-order valence-electron chi connectivity index (χ0n) is 11.0. The summed E-state index contributed by atoms with van der Waals surface area (Å²) in [5.41, 5.74) is 5.87. The summed E-state index contributed by atoms with van der Waals surface area (Å²) in [4.78, 5) is 16.2. The zero-order valence-corrected chi connectivity index (χ0v) is 11.7. The molecule has 1 heterocycles. The monoisotopic (exact) mass is 281 g/mol. The van der Waals surface area contributed by atoms with Gasteiger partial charge in [0, 0.05) is 12.6 Å². The Kier molecular flexibility index (Phi) is 4.77. The number of rotatable bonds is 4. The predicted octanol–water partition coefficient (Wildman–Crippen LogP) is 2.97. The van der Waals surface area contributed by atoms with Crippen LogP contribution in [0.4, 0.5) is 5.82 Å².